The van der Waals surface area contributed by atoms with Crippen molar-refractivity contribution in [3.05, 3.63) is 0 Å². The van der Waals surface area contributed by atoms with Gasteiger partial charge in [-0.1, -0.05) is 6.92 Å². The number of rotatable bonds is 4. The van der Waals surface area contributed by atoms with Crippen LogP contribution in [0, 0.1) is 0 Å². The normalized spacial score (nSPS) is 17.2. The number of methoxy groups -OCH3 is 1. The van der Waals surface area contributed by atoms with Crippen molar-refractivity contribution >= 4 is 11.9 Å². The summed E-state index contributed by atoms with van der Waals surface area (Å²) in [4.78, 5) is 26.5. The molecule has 1 aliphatic heterocycles. The summed E-state index contributed by atoms with van der Waals surface area (Å²) in [6.07, 6.45) is 1.00. The van der Waals surface area contributed by atoms with E-state index in [0.29, 0.717) is 12.8 Å². The Bertz CT molecular complexity index is 248. The number of nitrogens with zero attached hydrogens (tertiary/aromatic N) is 2. The van der Waals surface area contributed by atoms with Crippen molar-refractivity contribution in [1.29, 1.82) is 0 Å². The third-order valence-corrected chi connectivity index (χ3v) is 2.89. The Morgan fingerprint density at radius 3 is 2.31 bits per heavy atom. The minimum absolute atomic E-state index is 0.174. The van der Waals surface area contributed by atoms with Crippen molar-refractivity contribution < 1.29 is 14.3 Å². The molecule has 0 bridgehead atoms. The Morgan fingerprint density at radius 1 is 1.19 bits per heavy atom. The van der Waals surface area contributed by atoms with Crippen LogP contribution >= 0.6 is 0 Å². The van der Waals surface area contributed by atoms with Gasteiger partial charge in [-0.25, -0.2) is 0 Å². The van der Waals surface area contributed by atoms with E-state index in [1.54, 1.807) is 0 Å². The summed E-state index contributed by atoms with van der Waals surface area (Å²) in [6.45, 7) is 5.85. The third kappa shape index (κ3) is 3.81. The van der Waals surface area contributed by atoms with Crippen molar-refractivity contribution in [2.45, 2.75) is 19.8 Å². The zero-order valence-corrected chi connectivity index (χ0v) is 10.1. The number of carbonyl (C=O) groups excluding carboxylic acids is 2. The van der Waals surface area contributed by atoms with Gasteiger partial charge in [-0.3, -0.25) is 14.5 Å². The first kappa shape index (κ1) is 13.0. The van der Waals surface area contributed by atoms with E-state index in [1.807, 2.05) is 11.8 Å². The Labute approximate surface area is 96.3 Å². The van der Waals surface area contributed by atoms with Crippen LogP contribution < -0.4 is 0 Å². The molecule has 0 radical (unpaired) electrons. The highest BCUT2D eigenvalue weighted by atomic mass is 16.5. The van der Waals surface area contributed by atoms with Crippen LogP contribution in [0.15, 0.2) is 0 Å². The fraction of sp³-hybridized carbons (Fsp3) is 0.818. The van der Waals surface area contributed by atoms with Crippen LogP contribution in [0.3, 0.4) is 0 Å². The summed E-state index contributed by atoms with van der Waals surface area (Å²) in [5.74, 6) is 0.0414. The lowest BCUT2D eigenvalue weighted by Gasteiger charge is -2.34. The molecule has 1 aliphatic rings. The molecule has 0 unspecified atom stereocenters. The van der Waals surface area contributed by atoms with Crippen molar-refractivity contribution in [3.8, 4) is 0 Å². The number of hydrogen-bond acceptors (Lipinski definition) is 4. The van der Waals surface area contributed by atoms with Crippen molar-refractivity contribution in [2.75, 3.05) is 39.8 Å². The topological polar surface area (TPSA) is 49.9 Å². The van der Waals surface area contributed by atoms with Gasteiger partial charge in [-0.05, 0) is 0 Å². The van der Waals surface area contributed by atoms with E-state index in [4.69, 9.17) is 0 Å². The molecular weight excluding hydrogens is 208 g/mol. The molecule has 5 heteroatoms. The second-order valence-corrected chi connectivity index (χ2v) is 3.90. The van der Waals surface area contributed by atoms with E-state index in [9.17, 15) is 9.59 Å². The monoisotopic (exact) mass is 228 g/mol. The Morgan fingerprint density at radius 2 is 1.81 bits per heavy atom. The van der Waals surface area contributed by atoms with Gasteiger partial charge >= 0.3 is 5.97 Å². The van der Waals surface area contributed by atoms with Crippen LogP contribution in [0.4, 0.5) is 0 Å². The minimum atomic E-state index is -0.174. The number of amides is 1. The van der Waals surface area contributed by atoms with Crippen molar-refractivity contribution in [1.82, 2.24) is 9.80 Å². The molecule has 0 aromatic heterocycles. The maximum Gasteiger partial charge on any atom is 0.306 e. The number of esters is 1. The van der Waals surface area contributed by atoms with Crippen LogP contribution in [0.2, 0.25) is 0 Å². The maximum atomic E-state index is 11.4. The van der Waals surface area contributed by atoms with Gasteiger partial charge < -0.3 is 9.64 Å². The summed E-state index contributed by atoms with van der Waals surface area (Å²) in [5, 5.41) is 0. The Kier molecular flexibility index (Phi) is 5.25. The standard InChI is InChI=1S/C11H20N2O3/c1-3-10(14)13-8-6-12(7-9-13)5-4-11(15)16-2/h3-9H2,1-2H3. The molecule has 0 saturated carbocycles. The van der Waals surface area contributed by atoms with E-state index in [-0.39, 0.29) is 11.9 Å². The van der Waals surface area contributed by atoms with E-state index in [1.165, 1.54) is 7.11 Å². The van der Waals surface area contributed by atoms with Crippen molar-refractivity contribution in [2.24, 2.45) is 0 Å². The second kappa shape index (κ2) is 6.48. The molecule has 1 rings (SSSR count). The summed E-state index contributed by atoms with van der Waals surface area (Å²) in [7, 11) is 1.40. The number of piperazine rings is 1. The predicted octanol–water partition coefficient (Wildman–Crippen LogP) is 0.104. The van der Waals surface area contributed by atoms with Crippen LogP contribution in [-0.4, -0.2) is 61.5 Å². The maximum absolute atomic E-state index is 11.4. The molecule has 1 saturated heterocycles. The molecule has 0 aromatic carbocycles. The summed E-state index contributed by atoms with van der Waals surface area (Å²) in [5.41, 5.74) is 0. The summed E-state index contributed by atoms with van der Waals surface area (Å²) >= 11 is 0. The van der Waals surface area contributed by atoms with E-state index in [2.05, 4.69) is 9.64 Å². The van der Waals surface area contributed by atoms with Gasteiger partial charge in [0.25, 0.3) is 0 Å². The molecule has 1 heterocycles. The van der Waals surface area contributed by atoms with Gasteiger partial charge in [0, 0.05) is 39.1 Å². The van der Waals surface area contributed by atoms with E-state index < -0.39 is 0 Å². The molecule has 0 aliphatic carbocycles. The molecule has 16 heavy (non-hydrogen) atoms. The second-order valence-electron chi connectivity index (χ2n) is 3.90. The van der Waals surface area contributed by atoms with Crippen LogP contribution in [0.5, 0.6) is 0 Å². The minimum Gasteiger partial charge on any atom is -0.469 e. The lowest BCUT2D eigenvalue weighted by molar-refractivity contribution is -0.141. The van der Waals surface area contributed by atoms with Crippen molar-refractivity contribution in [3.63, 3.8) is 0 Å². The highest BCUT2D eigenvalue weighted by molar-refractivity contribution is 5.75. The van der Waals surface area contributed by atoms with Gasteiger partial charge in [0.1, 0.15) is 0 Å². The first-order chi connectivity index (χ1) is 7.67. The van der Waals surface area contributed by atoms with Crippen LogP contribution in [0.25, 0.3) is 0 Å². The van der Waals surface area contributed by atoms with Gasteiger partial charge in [-0.2, -0.15) is 0 Å². The SMILES string of the molecule is CCC(=O)N1CCN(CCC(=O)OC)CC1. The summed E-state index contributed by atoms with van der Waals surface area (Å²) < 4.78 is 4.59. The Balaban J connectivity index is 2.22. The molecule has 1 fully saturated rings. The van der Waals surface area contributed by atoms with Gasteiger partial charge in [0.15, 0.2) is 0 Å². The lowest BCUT2D eigenvalue weighted by Crippen LogP contribution is -2.48. The number of hydrogen-bond donors (Lipinski definition) is 0. The zero-order chi connectivity index (χ0) is 12.0. The average molecular weight is 228 g/mol. The molecule has 0 atom stereocenters. The first-order valence-electron chi connectivity index (χ1n) is 5.74. The summed E-state index contributed by atoms with van der Waals surface area (Å²) in [6, 6.07) is 0. The molecule has 0 aromatic rings. The molecule has 1 amide bonds. The van der Waals surface area contributed by atoms with Gasteiger partial charge in [0.2, 0.25) is 5.91 Å². The molecule has 92 valence electrons. The predicted molar refractivity (Wildman–Crippen MR) is 59.9 cm³/mol. The zero-order valence-electron chi connectivity index (χ0n) is 10.1. The molecule has 5 nitrogen and oxygen atoms in total. The number of ether oxygens (including phenoxy) is 1. The molecular formula is C11H20N2O3. The van der Waals surface area contributed by atoms with Crippen LogP contribution in [-0.2, 0) is 14.3 Å². The quantitative estimate of drug-likeness (QED) is 0.641. The largest absolute Gasteiger partial charge is 0.469 e. The van der Waals surface area contributed by atoms with Gasteiger partial charge in [-0.15, -0.1) is 0 Å². The smallest absolute Gasteiger partial charge is 0.306 e. The van der Waals surface area contributed by atoms with Gasteiger partial charge in [0.05, 0.1) is 13.5 Å². The van der Waals surface area contributed by atoms with E-state index >= 15 is 0 Å². The fourth-order valence-electron chi connectivity index (χ4n) is 1.80. The molecule has 0 N–H and O–H groups in total. The highest BCUT2D eigenvalue weighted by Crippen LogP contribution is 2.04. The highest BCUT2D eigenvalue weighted by Gasteiger charge is 2.19. The van der Waals surface area contributed by atoms with Crippen LogP contribution in [0.1, 0.15) is 19.8 Å². The third-order valence-electron chi connectivity index (χ3n) is 2.89. The van der Waals surface area contributed by atoms with E-state index in [0.717, 1.165) is 32.7 Å². The number of carbonyl (C=O) groups is 2. The lowest BCUT2D eigenvalue weighted by atomic mass is 10.2. The fourth-order valence-corrected chi connectivity index (χ4v) is 1.80. The molecule has 0 spiro atoms. The average Bonchev–Trinajstić information content (AvgIpc) is 2.35. The Hall–Kier alpha value is -1.10. The first-order valence-corrected chi connectivity index (χ1v) is 5.74.